The maximum absolute atomic E-state index is 12.4. The van der Waals surface area contributed by atoms with Gasteiger partial charge in [-0.25, -0.2) is 4.79 Å². The number of nitrogens with one attached hydrogen (secondary N) is 1. The lowest BCUT2D eigenvalue weighted by molar-refractivity contribution is 0.311. The van der Waals surface area contributed by atoms with Gasteiger partial charge >= 0.3 is 5.69 Å². The van der Waals surface area contributed by atoms with E-state index in [1.807, 2.05) is 18.2 Å². The standard InChI is InChI=1S/C18H26N2O2/c1-4-6-7-10-14(5-2)13(3)20-16-12-9-8-11-15(16)17(21)19-18(20)22/h8-9,11-14H,4-7,10H2,1-3H3,(H,19,21,22). The average molecular weight is 302 g/mol. The second kappa shape index (κ2) is 7.43. The first kappa shape index (κ1) is 16.5. The van der Waals surface area contributed by atoms with Gasteiger partial charge in [0.25, 0.3) is 5.56 Å². The van der Waals surface area contributed by atoms with Gasteiger partial charge in [-0.1, -0.05) is 51.7 Å². The monoisotopic (exact) mass is 302 g/mol. The Kier molecular flexibility index (Phi) is 5.58. The molecule has 0 fully saturated rings. The topological polar surface area (TPSA) is 54.9 Å². The first-order chi connectivity index (χ1) is 10.6. The highest BCUT2D eigenvalue weighted by Gasteiger charge is 2.20. The second-order valence-corrected chi connectivity index (χ2v) is 6.05. The lowest BCUT2D eigenvalue weighted by atomic mass is 9.91. The van der Waals surface area contributed by atoms with Crippen molar-refractivity contribution in [1.82, 2.24) is 9.55 Å². The summed E-state index contributed by atoms with van der Waals surface area (Å²) in [6.45, 7) is 6.46. The highest BCUT2D eigenvalue weighted by molar-refractivity contribution is 5.77. The van der Waals surface area contributed by atoms with Crippen LogP contribution in [-0.2, 0) is 0 Å². The van der Waals surface area contributed by atoms with Crippen molar-refractivity contribution in [3.63, 3.8) is 0 Å². The van der Waals surface area contributed by atoms with Gasteiger partial charge in [-0.3, -0.25) is 14.3 Å². The molecule has 0 bridgehead atoms. The van der Waals surface area contributed by atoms with Gasteiger partial charge in [0.15, 0.2) is 0 Å². The van der Waals surface area contributed by atoms with E-state index in [0.717, 1.165) is 18.4 Å². The van der Waals surface area contributed by atoms with Crippen molar-refractivity contribution in [3.8, 4) is 0 Å². The fourth-order valence-corrected chi connectivity index (χ4v) is 3.27. The molecule has 2 rings (SSSR count). The lowest BCUT2D eigenvalue weighted by Crippen LogP contribution is -2.34. The Balaban J connectivity index is 2.44. The van der Waals surface area contributed by atoms with Crippen molar-refractivity contribution in [2.24, 2.45) is 5.92 Å². The van der Waals surface area contributed by atoms with Crippen LogP contribution in [0.1, 0.15) is 58.9 Å². The number of para-hydroxylation sites is 1. The third-order valence-corrected chi connectivity index (χ3v) is 4.64. The van der Waals surface area contributed by atoms with E-state index in [2.05, 4.69) is 25.8 Å². The number of fused-ring (bicyclic) bond motifs is 1. The minimum absolute atomic E-state index is 0.0797. The number of hydrogen-bond acceptors (Lipinski definition) is 2. The van der Waals surface area contributed by atoms with Crippen molar-refractivity contribution in [3.05, 3.63) is 45.1 Å². The van der Waals surface area contributed by atoms with E-state index in [1.165, 1.54) is 19.3 Å². The largest absolute Gasteiger partial charge is 0.329 e. The molecule has 2 atom stereocenters. The summed E-state index contributed by atoms with van der Waals surface area (Å²) >= 11 is 0. The third-order valence-electron chi connectivity index (χ3n) is 4.64. The van der Waals surface area contributed by atoms with Crippen molar-refractivity contribution in [2.45, 2.75) is 58.9 Å². The smallest absolute Gasteiger partial charge is 0.290 e. The number of nitrogens with zero attached hydrogens (tertiary/aromatic N) is 1. The molecule has 1 aromatic carbocycles. The zero-order valence-corrected chi connectivity index (χ0v) is 13.8. The Morgan fingerprint density at radius 2 is 1.86 bits per heavy atom. The Hall–Kier alpha value is -1.84. The lowest BCUT2D eigenvalue weighted by Gasteiger charge is -2.26. The molecule has 120 valence electrons. The van der Waals surface area contributed by atoms with Gasteiger partial charge < -0.3 is 0 Å². The normalized spacial score (nSPS) is 14.1. The molecule has 0 spiro atoms. The molecule has 0 aliphatic heterocycles. The highest BCUT2D eigenvalue weighted by Crippen LogP contribution is 2.27. The Morgan fingerprint density at radius 1 is 1.14 bits per heavy atom. The number of aromatic nitrogens is 2. The predicted octanol–water partition coefficient (Wildman–Crippen LogP) is 3.86. The van der Waals surface area contributed by atoms with Gasteiger partial charge in [-0.2, -0.15) is 0 Å². The minimum Gasteiger partial charge on any atom is -0.290 e. The molecule has 1 N–H and O–H groups in total. The average Bonchev–Trinajstić information content (AvgIpc) is 2.51. The number of unbranched alkanes of at least 4 members (excludes halogenated alkanes) is 2. The first-order valence-electron chi connectivity index (χ1n) is 8.33. The Bertz CT molecular complexity index is 730. The zero-order chi connectivity index (χ0) is 16.1. The molecule has 4 heteroatoms. The molecule has 0 aliphatic carbocycles. The van der Waals surface area contributed by atoms with Crippen molar-refractivity contribution in [1.29, 1.82) is 0 Å². The first-order valence-corrected chi connectivity index (χ1v) is 8.33. The van der Waals surface area contributed by atoms with Crippen LogP contribution in [0, 0.1) is 5.92 Å². The summed E-state index contributed by atoms with van der Waals surface area (Å²) in [6, 6.07) is 7.42. The molecule has 2 unspecified atom stereocenters. The van der Waals surface area contributed by atoms with Crippen LogP contribution in [0.15, 0.2) is 33.9 Å². The molecule has 0 saturated carbocycles. The molecule has 0 aliphatic rings. The SMILES string of the molecule is CCCCCC(CC)C(C)n1c(=O)[nH]c(=O)c2ccccc21. The summed E-state index contributed by atoms with van der Waals surface area (Å²) in [6.07, 6.45) is 5.77. The van der Waals surface area contributed by atoms with Crippen LogP contribution >= 0.6 is 0 Å². The van der Waals surface area contributed by atoms with Crippen LogP contribution in [0.4, 0.5) is 0 Å². The quantitative estimate of drug-likeness (QED) is 0.790. The zero-order valence-electron chi connectivity index (χ0n) is 13.8. The van der Waals surface area contributed by atoms with Crippen LogP contribution in [0.3, 0.4) is 0 Å². The molecular formula is C18H26N2O2. The van der Waals surface area contributed by atoms with E-state index in [0.29, 0.717) is 11.3 Å². The maximum atomic E-state index is 12.4. The molecular weight excluding hydrogens is 276 g/mol. The molecule has 0 saturated heterocycles. The predicted molar refractivity (Wildman–Crippen MR) is 91.5 cm³/mol. The van der Waals surface area contributed by atoms with Crippen molar-refractivity contribution < 1.29 is 0 Å². The molecule has 1 aromatic heterocycles. The van der Waals surface area contributed by atoms with Gasteiger partial charge in [0.05, 0.1) is 10.9 Å². The molecule has 0 amide bonds. The Morgan fingerprint density at radius 3 is 2.55 bits per heavy atom. The fourth-order valence-electron chi connectivity index (χ4n) is 3.27. The van der Waals surface area contributed by atoms with E-state index in [1.54, 1.807) is 10.6 Å². The van der Waals surface area contributed by atoms with E-state index >= 15 is 0 Å². The molecule has 2 aromatic rings. The van der Waals surface area contributed by atoms with E-state index in [9.17, 15) is 9.59 Å². The molecule has 4 nitrogen and oxygen atoms in total. The number of H-pyrrole nitrogens is 1. The summed E-state index contributed by atoms with van der Waals surface area (Å²) in [7, 11) is 0. The third kappa shape index (κ3) is 3.32. The summed E-state index contributed by atoms with van der Waals surface area (Å²) in [5, 5.41) is 0.581. The van der Waals surface area contributed by atoms with E-state index in [4.69, 9.17) is 0 Å². The number of aromatic amines is 1. The molecule has 0 radical (unpaired) electrons. The second-order valence-electron chi connectivity index (χ2n) is 6.05. The number of hydrogen-bond donors (Lipinski definition) is 1. The summed E-state index contributed by atoms with van der Waals surface area (Å²) in [4.78, 5) is 26.8. The van der Waals surface area contributed by atoms with Gasteiger partial charge in [-0.15, -0.1) is 0 Å². The molecule has 1 heterocycles. The molecule has 22 heavy (non-hydrogen) atoms. The van der Waals surface area contributed by atoms with Crippen LogP contribution in [0.2, 0.25) is 0 Å². The fraction of sp³-hybridized carbons (Fsp3) is 0.556. The van der Waals surface area contributed by atoms with Crippen LogP contribution in [0.25, 0.3) is 10.9 Å². The van der Waals surface area contributed by atoms with Crippen LogP contribution < -0.4 is 11.2 Å². The van der Waals surface area contributed by atoms with Crippen molar-refractivity contribution >= 4 is 10.9 Å². The highest BCUT2D eigenvalue weighted by atomic mass is 16.2. The summed E-state index contributed by atoms with van der Waals surface area (Å²) in [5.41, 5.74) is 0.130. The minimum atomic E-state index is -0.303. The van der Waals surface area contributed by atoms with Gasteiger partial charge in [0.2, 0.25) is 0 Å². The Labute approximate surface area is 131 Å². The number of benzene rings is 1. The van der Waals surface area contributed by atoms with E-state index < -0.39 is 0 Å². The number of rotatable bonds is 7. The van der Waals surface area contributed by atoms with Gasteiger partial charge in [0, 0.05) is 6.04 Å². The van der Waals surface area contributed by atoms with Gasteiger partial charge in [-0.05, 0) is 31.4 Å². The van der Waals surface area contributed by atoms with Gasteiger partial charge in [0.1, 0.15) is 0 Å². The van der Waals surface area contributed by atoms with Crippen molar-refractivity contribution in [2.75, 3.05) is 0 Å². The van der Waals surface area contributed by atoms with Crippen LogP contribution in [-0.4, -0.2) is 9.55 Å². The summed E-state index contributed by atoms with van der Waals surface area (Å²) < 4.78 is 1.76. The van der Waals surface area contributed by atoms with E-state index in [-0.39, 0.29) is 17.3 Å². The maximum Gasteiger partial charge on any atom is 0.329 e. The summed E-state index contributed by atoms with van der Waals surface area (Å²) in [5.74, 6) is 0.443. The van der Waals surface area contributed by atoms with Crippen LogP contribution in [0.5, 0.6) is 0 Å².